The lowest BCUT2D eigenvalue weighted by atomic mass is 10.2. The van der Waals surface area contributed by atoms with E-state index >= 15 is 0 Å². The van der Waals surface area contributed by atoms with Crippen LogP contribution in [-0.4, -0.2) is 24.3 Å². The Balaban J connectivity index is 3.17. The standard InChI is InChI=1S/C8H16O3/c1-3-4-5-11-6-7(2)8(9)10/h7H,3-6H2,1-2H3,(H,9,10). The number of rotatable bonds is 6. The Labute approximate surface area is 67.4 Å². The van der Waals surface area contributed by atoms with Gasteiger partial charge < -0.3 is 9.84 Å². The van der Waals surface area contributed by atoms with Gasteiger partial charge in [0.2, 0.25) is 0 Å². The first-order valence-corrected chi connectivity index (χ1v) is 3.99. The first-order chi connectivity index (χ1) is 5.18. The van der Waals surface area contributed by atoms with E-state index in [2.05, 4.69) is 6.92 Å². The molecule has 0 rings (SSSR count). The lowest BCUT2D eigenvalue weighted by molar-refractivity contribution is -0.143. The second-order valence-corrected chi connectivity index (χ2v) is 2.67. The molecule has 0 amide bonds. The van der Waals surface area contributed by atoms with Crippen LogP contribution in [0.4, 0.5) is 0 Å². The van der Waals surface area contributed by atoms with Crippen molar-refractivity contribution in [2.45, 2.75) is 26.7 Å². The minimum atomic E-state index is -0.790. The molecule has 0 aromatic heterocycles. The molecule has 0 heterocycles. The molecule has 3 heteroatoms. The Bertz CT molecular complexity index is 112. The van der Waals surface area contributed by atoms with Crippen LogP contribution < -0.4 is 0 Å². The number of hydrogen-bond acceptors (Lipinski definition) is 2. The molecule has 1 N–H and O–H groups in total. The van der Waals surface area contributed by atoms with Gasteiger partial charge in [-0.2, -0.15) is 0 Å². The molecule has 1 unspecified atom stereocenters. The van der Waals surface area contributed by atoms with Crippen molar-refractivity contribution in [1.29, 1.82) is 0 Å². The third-order valence-corrected chi connectivity index (χ3v) is 1.43. The summed E-state index contributed by atoms with van der Waals surface area (Å²) in [5.74, 6) is -1.17. The quantitative estimate of drug-likeness (QED) is 0.599. The molecule has 1 atom stereocenters. The molecule has 66 valence electrons. The average Bonchev–Trinajstić information content (AvgIpc) is 1.97. The fraction of sp³-hybridized carbons (Fsp3) is 0.875. The highest BCUT2D eigenvalue weighted by atomic mass is 16.5. The summed E-state index contributed by atoms with van der Waals surface area (Å²) >= 11 is 0. The zero-order valence-corrected chi connectivity index (χ0v) is 7.17. The second-order valence-electron chi connectivity index (χ2n) is 2.67. The zero-order valence-electron chi connectivity index (χ0n) is 7.17. The van der Waals surface area contributed by atoms with E-state index < -0.39 is 5.97 Å². The van der Waals surface area contributed by atoms with E-state index in [-0.39, 0.29) is 5.92 Å². The molecule has 0 spiro atoms. The molecule has 3 nitrogen and oxygen atoms in total. The van der Waals surface area contributed by atoms with Crippen molar-refractivity contribution >= 4 is 5.97 Å². The van der Waals surface area contributed by atoms with Crippen molar-refractivity contribution in [3.05, 3.63) is 0 Å². The number of unbranched alkanes of at least 4 members (excludes halogenated alkanes) is 1. The van der Waals surface area contributed by atoms with E-state index in [1.165, 1.54) is 0 Å². The van der Waals surface area contributed by atoms with Crippen LogP contribution in [0.2, 0.25) is 0 Å². The van der Waals surface area contributed by atoms with Crippen LogP contribution >= 0.6 is 0 Å². The highest BCUT2D eigenvalue weighted by Crippen LogP contribution is 1.96. The molecule has 0 radical (unpaired) electrons. The van der Waals surface area contributed by atoms with Gasteiger partial charge in [-0.05, 0) is 13.3 Å². The van der Waals surface area contributed by atoms with Crippen molar-refractivity contribution < 1.29 is 14.6 Å². The maximum absolute atomic E-state index is 10.3. The number of carboxylic acid groups (broad SMARTS) is 1. The minimum absolute atomic E-state index is 0.329. The summed E-state index contributed by atoms with van der Waals surface area (Å²) < 4.78 is 5.12. The van der Waals surface area contributed by atoms with Crippen LogP contribution in [-0.2, 0) is 9.53 Å². The van der Waals surface area contributed by atoms with Crippen LogP contribution in [0.5, 0.6) is 0 Å². The number of carbonyl (C=O) groups is 1. The predicted molar refractivity (Wildman–Crippen MR) is 42.5 cm³/mol. The van der Waals surface area contributed by atoms with Gasteiger partial charge in [-0.25, -0.2) is 0 Å². The molecular formula is C8H16O3. The van der Waals surface area contributed by atoms with Crippen LogP contribution in [0, 0.1) is 5.92 Å². The average molecular weight is 160 g/mol. The zero-order chi connectivity index (χ0) is 8.69. The predicted octanol–water partition coefficient (Wildman–Crippen LogP) is 1.52. The van der Waals surface area contributed by atoms with E-state index in [1.54, 1.807) is 6.92 Å². The molecule has 0 aromatic rings. The van der Waals surface area contributed by atoms with Crippen molar-refractivity contribution in [1.82, 2.24) is 0 Å². The Morgan fingerprint density at radius 3 is 2.73 bits per heavy atom. The normalized spacial score (nSPS) is 12.9. The summed E-state index contributed by atoms with van der Waals surface area (Å²) in [5.41, 5.74) is 0. The lowest BCUT2D eigenvalue weighted by Gasteiger charge is -2.06. The third kappa shape index (κ3) is 5.85. The number of carboxylic acids is 1. The van der Waals surface area contributed by atoms with E-state index in [1.807, 2.05) is 0 Å². The van der Waals surface area contributed by atoms with Gasteiger partial charge in [-0.15, -0.1) is 0 Å². The summed E-state index contributed by atoms with van der Waals surface area (Å²) in [6.07, 6.45) is 2.09. The summed E-state index contributed by atoms with van der Waals surface area (Å²) in [6, 6.07) is 0. The van der Waals surface area contributed by atoms with E-state index in [0.29, 0.717) is 13.2 Å². The fourth-order valence-electron chi connectivity index (χ4n) is 0.578. The van der Waals surface area contributed by atoms with Crippen LogP contribution in [0.1, 0.15) is 26.7 Å². The smallest absolute Gasteiger partial charge is 0.308 e. The van der Waals surface area contributed by atoms with Gasteiger partial charge in [-0.1, -0.05) is 13.3 Å². The van der Waals surface area contributed by atoms with Gasteiger partial charge in [-0.3, -0.25) is 4.79 Å². The monoisotopic (exact) mass is 160 g/mol. The van der Waals surface area contributed by atoms with Gasteiger partial charge in [0.05, 0.1) is 12.5 Å². The number of hydrogen-bond donors (Lipinski definition) is 1. The molecule has 11 heavy (non-hydrogen) atoms. The highest BCUT2D eigenvalue weighted by Gasteiger charge is 2.09. The molecular weight excluding hydrogens is 144 g/mol. The maximum atomic E-state index is 10.3. The Kier molecular flexibility index (Phi) is 5.84. The van der Waals surface area contributed by atoms with Gasteiger partial charge in [0.1, 0.15) is 0 Å². The molecule has 0 saturated carbocycles. The van der Waals surface area contributed by atoms with Crippen molar-refractivity contribution in [2.75, 3.05) is 13.2 Å². The van der Waals surface area contributed by atoms with Crippen molar-refractivity contribution in [3.63, 3.8) is 0 Å². The molecule has 0 bridgehead atoms. The molecule has 0 aliphatic carbocycles. The molecule has 0 aromatic carbocycles. The lowest BCUT2D eigenvalue weighted by Crippen LogP contribution is -2.16. The van der Waals surface area contributed by atoms with Crippen LogP contribution in [0.15, 0.2) is 0 Å². The van der Waals surface area contributed by atoms with Crippen LogP contribution in [0.25, 0.3) is 0 Å². The summed E-state index contributed by atoms with van der Waals surface area (Å²) in [5, 5.41) is 8.46. The Hall–Kier alpha value is -0.570. The second kappa shape index (κ2) is 6.16. The summed E-state index contributed by atoms with van der Waals surface area (Å²) in [7, 11) is 0. The summed E-state index contributed by atoms with van der Waals surface area (Å²) in [4.78, 5) is 10.3. The first-order valence-electron chi connectivity index (χ1n) is 3.99. The van der Waals surface area contributed by atoms with Crippen molar-refractivity contribution in [2.24, 2.45) is 5.92 Å². The maximum Gasteiger partial charge on any atom is 0.308 e. The van der Waals surface area contributed by atoms with E-state index in [9.17, 15) is 4.79 Å². The van der Waals surface area contributed by atoms with Gasteiger partial charge >= 0.3 is 5.97 Å². The van der Waals surface area contributed by atoms with E-state index in [4.69, 9.17) is 9.84 Å². The number of ether oxygens (including phenoxy) is 1. The van der Waals surface area contributed by atoms with Gasteiger partial charge in [0.25, 0.3) is 0 Å². The van der Waals surface area contributed by atoms with E-state index in [0.717, 1.165) is 12.8 Å². The Morgan fingerprint density at radius 1 is 1.64 bits per heavy atom. The SMILES string of the molecule is CCCCOCC(C)C(=O)O. The van der Waals surface area contributed by atoms with Gasteiger partial charge in [0, 0.05) is 6.61 Å². The molecule has 0 aliphatic rings. The minimum Gasteiger partial charge on any atom is -0.481 e. The molecule has 0 saturated heterocycles. The summed E-state index contributed by atoms with van der Waals surface area (Å²) in [6.45, 7) is 4.72. The third-order valence-electron chi connectivity index (χ3n) is 1.43. The first kappa shape index (κ1) is 10.4. The van der Waals surface area contributed by atoms with Crippen molar-refractivity contribution in [3.8, 4) is 0 Å². The largest absolute Gasteiger partial charge is 0.481 e. The van der Waals surface area contributed by atoms with Crippen LogP contribution in [0.3, 0.4) is 0 Å². The number of aliphatic carboxylic acids is 1. The Morgan fingerprint density at radius 2 is 2.27 bits per heavy atom. The molecule has 0 fully saturated rings. The molecule has 0 aliphatic heterocycles. The fourth-order valence-corrected chi connectivity index (χ4v) is 0.578. The van der Waals surface area contributed by atoms with Gasteiger partial charge in [0.15, 0.2) is 0 Å². The topological polar surface area (TPSA) is 46.5 Å². The highest BCUT2D eigenvalue weighted by molar-refractivity contribution is 5.69.